The standard InChI is InChI=1S/C15H24O2/c1-10-12-9-11(14(2,3)17)5-7-15(12,4)8-6-13(10)16/h6,8,10-12,17H,5,7,9H2,1-4H3/t10-,11-,12-,15-/m1/s1. The van der Waals surface area contributed by atoms with Crippen molar-refractivity contribution < 1.29 is 9.90 Å². The van der Waals surface area contributed by atoms with Crippen molar-refractivity contribution in [3.8, 4) is 0 Å². The third-order valence-corrected chi connectivity index (χ3v) is 5.10. The second-order valence-corrected chi connectivity index (χ2v) is 6.76. The van der Waals surface area contributed by atoms with Gasteiger partial charge in [-0.1, -0.05) is 19.9 Å². The summed E-state index contributed by atoms with van der Waals surface area (Å²) in [5.74, 6) is 1.08. The quantitative estimate of drug-likeness (QED) is 0.760. The highest BCUT2D eigenvalue weighted by atomic mass is 16.3. The van der Waals surface area contributed by atoms with Crippen molar-refractivity contribution in [1.29, 1.82) is 0 Å². The molecule has 0 spiro atoms. The van der Waals surface area contributed by atoms with Crippen LogP contribution in [0.3, 0.4) is 0 Å². The highest BCUT2D eigenvalue weighted by molar-refractivity contribution is 5.92. The molecule has 0 radical (unpaired) electrons. The van der Waals surface area contributed by atoms with Gasteiger partial charge in [-0.25, -0.2) is 0 Å². The van der Waals surface area contributed by atoms with Gasteiger partial charge in [-0.15, -0.1) is 0 Å². The zero-order chi connectivity index (χ0) is 12.8. The lowest BCUT2D eigenvalue weighted by Gasteiger charge is -2.49. The second-order valence-electron chi connectivity index (χ2n) is 6.76. The first-order valence-corrected chi connectivity index (χ1v) is 6.69. The Morgan fingerprint density at radius 1 is 1.47 bits per heavy atom. The van der Waals surface area contributed by atoms with Gasteiger partial charge >= 0.3 is 0 Å². The van der Waals surface area contributed by atoms with Crippen molar-refractivity contribution >= 4 is 5.78 Å². The summed E-state index contributed by atoms with van der Waals surface area (Å²) in [6.07, 6.45) is 6.99. The number of fused-ring (bicyclic) bond motifs is 1. The molecule has 0 amide bonds. The molecule has 2 rings (SSSR count). The van der Waals surface area contributed by atoms with Crippen LogP contribution in [0.25, 0.3) is 0 Å². The molecule has 0 aromatic rings. The molecule has 1 N–H and O–H groups in total. The number of ketones is 1. The molecule has 2 aliphatic carbocycles. The predicted octanol–water partition coefficient (Wildman–Crippen LogP) is 2.95. The van der Waals surface area contributed by atoms with Gasteiger partial charge in [0.05, 0.1) is 5.60 Å². The normalized spacial score (nSPS) is 42.4. The zero-order valence-electron chi connectivity index (χ0n) is 11.4. The van der Waals surface area contributed by atoms with E-state index in [0.29, 0.717) is 11.8 Å². The first-order chi connectivity index (χ1) is 7.74. The van der Waals surface area contributed by atoms with Crippen LogP contribution < -0.4 is 0 Å². The fourth-order valence-corrected chi connectivity index (χ4v) is 3.61. The molecule has 0 aromatic carbocycles. The molecule has 96 valence electrons. The lowest BCUT2D eigenvalue weighted by atomic mass is 9.56. The highest BCUT2D eigenvalue weighted by Gasteiger charge is 2.47. The smallest absolute Gasteiger partial charge is 0.158 e. The lowest BCUT2D eigenvalue weighted by Crippen LogP contribution is -2.46. The van der Waals surface area contributed by atoms with Crippen LogP contribution in [0, 0.1) is 23.2 Å². The van der Waals surface area contributed by atoms with E-state index < -0.39 is 5.60 Å². The van der Waals surface area contributed by atoms with E-state index in [4.69, 9.17) is 0 Å². The number of rotatable bonds is 1. The van der Waals surface area contributed by atoms with Crippen molar-refractivity contribution in [1.82, 2.24) is 0 Å². The van der Waals surface area contributed by atoms with Gasteiger partial charge in [0.2, 0.25) is 0 Å². The monoisotopic (exact) mass is 236 g/mol. The van der Waals surface area contributed by atoms with Gasteiger partial charge in [0, 0.05) is 5.92 Å². The van der Waals surface area contributed by atoms with E-state index in [1.807, 2.05) is 20.8 Å². The van der Waals surface area contributed by atoms with E-state index in [2.05, 4.69) is 13.0 Å². The summed E-state index contributed by atoms with van der Waals surface area (Å²) in [4.78, 5) is 11.8. The maximum Gasteiger partial charge on any atom is 0.158 e. The second kappa shape index (κ2) is 3.94. The van der Waals surface area contributed by atoms with Crippen LogP contribution >= 0.6 is 0 Å². The molecule has 0 heterocycles. The van der Waals surface area contributed by atoms with Gasteiger partial charge < -0.3 is 5.11 Å². The van der Waals surface area contributed by atoms with Gasteiger partial charge in [-0.3, -0.25) is 4.79 Å². The molecular formula is C15H24O2. The van der Waals surface area contributed by atoms with E-state index >= 15 is 0 Å². The topological polar surface area (TPSA) is 37.3 Å². The fraction of sp³-hybridized carbons (Fsp3) is 0.800. The summed E-state index contributed by atoms with van der Waals surface area (Å²) in [5.41, 5.74) is -0.458. The van der Waals surface area contributed by atoms with Crippen molar-refractivity contribution in [2.45, 2.75) is 52.6 Å². The van der Waals surface area contributed by atoms with Crippen LogP contribution in [0.2, 0.25) is 0 Å². The van der Waals surface area contributed by atoms with Crippen molar-refractivity contribution in [3.05, 3.63) is 12.2 Å². The Morgan fingerprint density at radius 2 is 2.12 bits per heavy atom. The van der Waals surface area contributed by atoms with Gasteiger partial charge in [0.1, 0.15) is 0 Å². The zero-order valence-corrected chi connectivity index (χ0v) is 11.4. The number of hydrogen-bond donors (Lipinski definition) is 1. The Morgan fingerprint density at radius 3 is 2.71 bits per heavy atom. The molecule has 2 heteroatoms. The van der Waals surface area contributed by atoms with Gasteiger partial charge in [0.15, 0.2) is 5.78 Å². The molecule has 0 bridgehead atoms. The van der Waals surface area contributed by atoms with Crippen LogP contribution in [0.5, 0.6) is 0 Å². The Kier molecular flexibility index (Phi) is 2.97. The van der Waals surface area contributed by atoms with Gasteiger partial charge in [-0.05, 0) is 56.4 Å². The van der Waals surface area contributed by atoms with Crippen molar-refractivity contribution in [2.24, 2.45) is 23.2 Å². The Hall–Kier alpha value is -0.630. The summed E-state index contributed by atoms with van der Waals surface area (Å²) < 4.78 is 0. The van der Waals surface area contributed by atoms with E-state index in [0.717, 1.165) is 19.3 Å². The number of carbonyl (C=O) groups excluding carboxylic acids is 1. The number of allylic oxidation sites excluding steroid dienone is 2. The molecule has 0 saturated heterocycles. The van der Waals surface area contributed by atoms with Crippen LogP contribution in [0.15, 0.2) is 12.2 Å². The maximum atomic E-state index is 11.8. The molecule has 1 saturated carbocycles. The summed E-state index contributed by atoms with van der Waals surface area (Å²) in [6.45, 7) is 8.09. The van der Waals surface area contributed by atoms with Gasteiger partial charge in [-0.2, -0.15) is 0 Å². The number of hydrogen-bond acceptors (Lipinski definition) is 2. The SMILES string of the molecule is C[C@H]1C(=O)C=C[C@@]2(C)CC[C@@H](C(C)(C)O)C[C@H]12. The van der Waals surface area contributed by atoms with Crippen LogP contribution in [-0.4, -0.2) is 16.5 Å². The highest BCUT2D eigenvalue weighted by Crippen LogP contribution is 2.52. The molecule has 1 fully saturated rings. The number of aliphatic hydroxyl groups is 1. The maximum absolute atomic E-state index is 11.8. The Bertz CT molecular complexity index is 350. The molecule has 4 atom stereocenters. The molecule has 0 aromatic heterocycles. The van der Waals surface area contributed by atoms with Crippen molar-refractivity contribution in [2.75, 3.05) is 0 Å². The first kappa shape index (κ1) is 12.8. The first-order valence-electron chi connectivity index (χ1n) is 6.69. The van der Waals surface area contributed by atoms with E-state index in [-0.39, 0.29) is 17.1 Å². The molecule has 0 aliphatic heterocycles. The molecule has 17 heavy (non-hydrogen) atoms. The van der Waals surface area contributed by atoms with Crippen LogP contribution in [0.1, 0.15) is 47.0 Å². The van der Waals surface area contributed by atoms with Crippen LogP contribution in [0.4, 0.5) is 0 Å². The minimum absolute atomic E-state index is 0.107. The predicted molar refractivity (Wildman–Crippen MR) is 68.5 cm³/mol. The van der Waals surface area contributed by atoms with Crippen molar-refractivity contribution in [3.63, 3.8) is 0 Å². The average molecular weight is 236 g/mol. The fourth-order valence-electron chi connectivity index (χ4n) is 3.61. The average Bonchev–Trinajstić information content (AvgIpc) is 2.22. The van der Waals surface area contributed by atoms with E-state index in [1.165, 1.54) is 0 Å². The van der Waals surface area contributed by atoms with E-state index in [9.17, 15) is 9.90 Å². The summed E-state index contributed by atoms with van der Waals surface area (Å²) in [7, 11) is 0. The third kappa shape index (κ3) is 2.20. The summed E-state index contributed by atoms with van der Waals surface area (Å²) in [6, 6.07) is 0. The largest absolute Gasteiger partial charge is 0.390 e. The Balaban J connectivity index is 2.24. The van der Waals surface area contributed by atoms with E-state index in [1.54, 1.807) is 6.08 Å². The number of carbonyl (C=O) groups is 1. The molecule has 2 nitrogen and oxygen atoms in total. The van der Waals surface area contributed by atoms with Crippen LogP contribution in [-0.2, 0) is 4.79 Å². The minimum Gasteiger partial charge on any atom is -0.390 e. The lowest BCUT2D eigenvalue weighted by molar-refractivity contribution is -0.124. The third-order valence-electron chi connectivity index (χ3n) is 5.10. The Labute approximate surface area is 104 Å². The molecule has 2 aliphatic rings. The van der Waals surface area contributed by atoms with Gasteiger partial charge in [0.25, 0.3) is 0 Å². The molecular weight excluding hydrogens is 212 g/mol. The molecule has 0 unspecified atom stereocenters. The summed E-state index contributed by atoms with van der Waals surface area (Å²) in [5, 5.41) is 10.2. The minimum atomic E-state index is -0.620. The summed E-state index contributed by atoms with van der Waals surface area (Å²) >= 11 is 0.